The van der Waals surface area contributed by atoms with Gasteiger partial charge in [0.05, 0.1) is 12.7 Å². The molecule has 0 fully saturated rings. The topological polar surface area (TPSA) is 55.4 Å². The molecule has 0 heterocycles. The average molecular weight is 267 g/mol. The van der Waals surface area contributed by atoms with Crippen LogP contribution in [-0.4, -0.2) is 19.0 Å². The van der Waals surface area contributed by atoms with E-state index in [-0.39, 0.29) is 11.8 Å². The normalized spacial score (nSPS) is 10.3. The largest absolute Gasteiger partial charge is 0.465 e. The molecule has 0 saturated heterocycles. The summed E-state index contributed by atoms with van der Waals surface area (Å²) < 4.78 is 7.00. The zero-order chi connectivity index (χ0) is 13.9. The molecule has 0 unspecified atom stereocenters. The summed E-state index contributed by atoms with van der Waals surface area (Å²) in [5.74, 6) is -0.603. The number of carbonyl (C=O) groups excluding carboxylic acids is 2. The van der Waals surface area contributed by atoms with Crippen LogP contribution in [0, 0.1) is 6.92 Å². The van der Waals surface area contributed by atoms with E-state index in [1.54, 1.807) is 6.07 Å². The standard InChI is InChI=1S/C13H17NO3S/c1-7(2)9-5-8(3)10(12(15)14-18)6-11(9)13(16)17-4/h5-7,18H,1-4H3,(H,14,15). The van der Waals surface area contributed by atoms with E-state index in [1.807, 2.05) is 26.8 Å². The molecule has 0 bridgehead atoms. The van der Waals surface area contributed by atoms with Gasteiger partial charge < -0.3 is 4.74 Å². The highest BCUT2D eigenvalue weighted by Crippen LogP contribution is 2.24. The van der Waals surface area contributed by atoms with Crippen molar-refractivity contribution >= 4 is 24.7 Å². The second-order valence-electron chi connectivity index (χ2n) is 4.34. The van der Waals surface area contributed by atoms with Crippen LogP contribution in [0.3, 0.4) is 0 Å². The zero-order valence-corrected chi connectivity index (χ0v) is 11.8. The van der Waals surface area contributed by atoms with Crippen molar-refractivity contribution in [2.45, 2.75) is 26.7 Å². The van der Waals surface area contributed by atoms with Crippen LogP contribution in [0.1, 0.15) is 51.6 Å². The van der Waals surface area contributed by atoms with Gasteiger partial charge in [-0.15, -0.1) is 0 Å². The first-order valence-electron chi connectivity index (χ1n) is 5.59. The molecular weight excluding hydrogens is 250 g/mol. The Morgan fingerprint density at radius 3 is 2.33 bits per heavy atom. The Morgan fingerprint density at radius 2 is 1.89 bits per heavy atom. The first-order valence-corrected chi connectivity index (χ1v) is 6.04. The minimum atomic E-state index is -0.438. The molecule has 1 amide bonds. The van der Waals surface area contributed by atoms with Gasteiger partial charge in [-0.25, -0.2) is 4.79 Å². The maximum absolute atomic E-state index is 11.7. The molecule has 0 aliphatic carbocycles. The van der Waals surface area contributed by atoms with Crippen molar-refractivity contribution in [3.05, 3.63) is 34.4 Å². The highest BCUT2D eigenvalue weighted by Gasteiger charge is 2.19. The van der Waals surface area contributed by atoms with E-state index in [4.69, 9.17) is 4.74 Å². The van der Waals surface area contributed by atoms with Gasteiger partial charge in [-0.3, -0.25) is 9.52 Å². The Kier molecular flexibility index (Phi) is 4.78. The quantitative estimate of drug-likeness (QED) is 0.653. The number of methoxy groups -OCH3 is 1. The lowest BCUT2D eigenvalue weighted by atomic mass is 9.92. The molecule has 0 radical (unpaired) electrons. The molecule has 1 rings (SSSR count). The van der Waals surface area contributed by atoms with Crippen LogP contribution in [0.15, 0.2) is 12.1 Å². The lowest BCUT2D eigenvalue weighted by Gasteiger charge is -2.14. The number of hydrogen-bond acceptors (Lipinski definition) is 4. The van der Waals surface area contributed by atoms with E-state index in [0.717, 1.165) is 11.1 Å². The van der Waals surface area contributed by atoms with Gasteiger partial charge >= 0.3 is 5.97 Å². The average Bonchev–Trinajstić information content (AvgIpc) is 2.36. The lowest BCUT2D eigenvalue weighted by Crippen LogP contribution is -2.17. The number of amides is 1. The minimum Gasteiger partial charge on any atom is -0.465 e. The molecular formula is C13H17NO3S. The third-order valence-corrected chi connectivity index (χ3v) is 2.97. The number of ether oxygens (including phenoxy) is 1. The smallest absolute Gasteiger partial charge is 0.338 e. The Bertz CT molecular complexity index is 483. The summed E-state index contributed by atoms with van der Waals surface area (Å²) >= 11 is 3.73. The van der Waals surface area contributed by atoms with Crippen LogP contribution in [0.4, 0.5) is 0 Å². The highest BCUT2D eigenvalue weighted by molar-refractivity contribution is 7.78. The Labute approximate surface area is 112 Å². The van der Waals surface area contributed by atoms with E-state index in [1.165, 1.54) is 7.11 Å². The number of hydrogen-bond donors (Lipinski definition) is 2. The monoisotopic (exact) mass is 267 g/mol. The van der Waals surface area contributed by atoms with E-state index in [0.29, 0.717) is 11.1 Å². The van der Waals surface area contributed by atoms with Gasteiger partial charge in [-0.2, -0.15) is 0 Å². The van der Waals surface area contributed by atoms with Crippen LogP contribution in [0.5, 0.6) is 0 Å². The van der Waals surface area contributed by atoms with Crippen LogP contribution in [0.2, 0.25) is 0 Å². The molecule has 0 saturated carbocycles. The summed E-state index contributed by atoms with van der Waals surface area (Å²) in [5.41, 5.74) is 2.52. The van der Waals surface area contributed by atoms with E-state index < -0.39 is 5.97 Å². The summed E-state index contributed by atoms with van der Waals surface area (Å²) in [7, 11) is 1.32. The number of nitrogens with one attached hydrogen (secondary N) is 1. The van der Waals surface area contributed by atoms with Gasteiger partial charge in [0.2, 0.25) is 0 Å². The van der Waals surface area contributed by atoms with Crippen molar-refractivity contribution in [1.29, 1.82) is 0 Å². The summed E-state index contributed by atoms with van der Waals surface area (Å²) in [4.78, 5) is 23.4. The number of esters is 1. The van der Waals surface area contributed by atoms with Gasteiger partial charge in [0.1, 0.15) is 0 Å². The fourth-order valence-electron chi connectivity index (χ4n) is 1.80. The van der Waals surface area contributed by atoms with Gasteiger partial charge in [-0.1, -0.05) is 32.7 Å². The van der Waals surface area contributed by atoms with Crippen molar-refractivity contribution in [3.8, 4) is 0 Å². The van der Waals surface area contributed by atoms with Gasteiger partial charge in [0.25, 0.3) is 5.91 Å². The fraction of sp³-hybridized carbons (Fsp3) is 0.385. The third kappa shape index (κ3) is 2.85. The SMILES string of the molecule is COC(=O)c1cc(C(=O)NS)c(C)cc1C(C)C. The first kappa shape index (κ1) is 14.6. The third-order valence-electron chi connectivity index (χ3n) is 2.77. The Hall–Kier alpha value is -1.49. The molecule has 98 valence electrons. The van der Waals surface area contributed by atoms with Crippen molar-refractivity contribution in [3.63, 3.8) is 0 Å². The molecule has 1 N–H and O–H groups in total. The van der Waals surface area contributed by atoms with Gasteiger partial charge in [-0.05, 0) is 30.0 Å². The molecule has 4 nitrogen and oxygen atoms in total. The van der Waals surface area contributed by atoms with Crippen molar-refractivity contribution < 1.29 is 14.3 Å². The van der Waals surface area contributed by atoms with Crippen LogP contribution >= 0.6 is 12.8 Å². The number of carbonyl (C=O) groups is 2. The molecule has 1 aromatic carbocycles. The molecule has 0 aliphatic heterocycles. The Morgan fingerprint density at radius 1 is 1.28 bits per heavy atom. The number of rotatable bonds is 3. The predicted octanol–water partition coefficient (Wildman–Crippen LogP) is 2.48. The number of benzene rings is 1. The highest BCUT2D eigenvalue weighted by atomic mass is 32.1. The fourth-order valence-corrected chi connectivity index (χ4v) is 1.92. The van der Waals surface area contributed by atoms with E-state index in [2.05, 4.69) is 17.5 Å². The molecule has 1 aromatic rings. The maximum Gasteiger partial charge on any atom is 0.338 e. The molecule has 0 aromatic heterocycles. The first-order chi connectivity index (χ1) is 8.42. The number of aryl methyl sites for hydroxylation is 1. The predicted molar refractivity (Wildman–Crippen MR) is 73.1 cm³/mol. The van der Waals surface area contributed by atoms with Crippen LogP contribution in [0.25, 0.3) is 0 Å². The second kappa shape index (κ2) is 5.91. The number of thiol groups is 1. The van der Waals surface area contributed by atoms with Crippen LogP contribution in [-0.2, 0) is 4.74 Å². The van der Waals surface area contributed by atoms with Crippen molar-refractivity contribution in [1.82, 2.24) is 4.72 Å². The van der Waals surface area contributed by atoms with E-state index in [9.17, 15) is 9.59 Å². The molecule has 0 spiro atoms. The summed E-state index contributed by atoms with van der Waals surface area (Å²) in [6.07, 6.45) is 0. The zero-order valence-electron chi connectivity index (χ0n) is 10.9. The maximum atomic E-state index is 11.7. The minimum absolute atomic E-state index is 0.172. The molecule has 0 aliphatic rings. The van der Waals surface area contributed by atoms with Crippen LogP contribution < -0.4 is 4.72 Å². The molecule has 18 heavy (non-hydrogen) atoms. The van der Waals surface area contributed by atoms with E-state index >= 15 is 0 Å². The lowest BCUT2D eigenvalue weighted by molar-refractivity contribution is 0.0599. The van der Waals surface area contributed by atoms with Crippen molar-refractivity contribution in [2.75, 3.05) is 7.11 Å². The molecule has 0 atom stereocenters. The summed E-state index contributed by atoms with van der Waals surface area (Å²) in [6, 6.07) is 3.40. The summed E-state index contributed by atoms with van der Waals surface area (Å²) in [5, 5.41) is 0. The van der Waals surface area contributed by atoms with Gasteiger partial charge in [0.15, 0.2) is 0 Å². The Balaban J connectivity index is 3.45. The second-order valence-corrected chi connectivity index (χ2v) is 4.57. The van der Waals surface area contributed by atoms with Gasteiger partial charge in [0, 0.05) is 5.56 Å². The van der Waals surface area contributed by atoms with Crippen molar-refractivity contribution in [2.24, 2.45) is 0 Å². The summed E-state index contributed by atoms with van der Waals surface area (Å²) in [6.45, 7) is 5.80. The molecule has 5 heteroatoms.